The number of methoxy groups -OCH3 is 2. The molecule has 0 spiro atoms. The van der Waals surface area contributed by atoms with Crippen LogP contribution in [0.1, 0.15) is 39.0 Å². The number of anilines is 1. The molecule has 1 heterocycles. The number of benzene rings is 1. The Labute approximate surface area is 170 Å². The maximum atomic E-state index is 12.5. The van der Waals surface area contributed by atoms with E-state index in [-0.39, 0.29) is 18.4 Å². The van der Waals surface area contributed by atoms with Gasteiger partial charge < -0.3 is 24.4 Å². The van der Waals surface area contributed by atoms with Gasteiger partial charge in [0.1, 0.15) is 0 Å². The summed E-state index contributed by atoms with van der Waals surface area (Å²) in [5, 5.41) is 2.70. The first kappa shape index (κ1) is 21.0. The molecule has 1 aromatic carbocycles. The molecule has 1 aromatic rings. The van der Waals surface area contributed by atoms with Gasteiger partial charge in [-0.25, -0.2) is 0 Å². The van der Waals surface area contributed by atoms with E-state index in [1.807, 2.05) is 4.90 Å². The standard InChI is InChI=1S/C21H28N2O6/c1-13(20(25)22-15-8-9-17(27-2)18(11-15)28-3)29-21(26)14-10-19(24)23(12-14)16-6-4-5-7-16/h8-9,11,13-14,16H,4-7,10,12H2,1-3H3,(H,22,25)/t13-,14-/m1/s1. The van der Waals surface area contributed by atoms with Crippen molar-refractivity contribution in [3.05, 3.63) is 18.2 Å². The third kappa shape index (κ3) is 4.81. The van der Waals surface area contributed by atoms with Gasteiger partial charge in [-0.1, -0.05) is 12.8 Å². The fraction of sp³-hybridized carbons (Fsp3) is 0.571. The largest absolute Gasteiger partial charge is 0.493 e. The van der Waals surface area contributed by atoms with Crippen molar-refractivity contribution in [3.8, 4) is 11.5 Å². The van der Waals surface area contributed by atoms with Crippen molar-refractivity contribution in [2.75, 3.05) is 26.1 Å². The van der Waals surface area contributed by atoms with Crippen LogP contribution in [-0.2, 0) is 19.1 Å². The molecule has 1 aliphatic carbocycles. The van der Waals surface area contributed by atoms with E-state index in [4.69, 9.17) is 14.2 Å². The second-order valence-corrected chi connectivity index (χ2v) is 7.52. The van der Waals surface area contributed by atoms with Crippen LogP contribution < -0.4 is 14.8 Å². The number of nitrogens with zero attached hydrogens (tertiary/aromatic N) is 1. The predicted octanol–water partition coefficient (Wildman–Crippen LogP) is 2.37. The third-order valence-electron chi connectivity index (χ3n) is 5.57. The zero-order valence-electron chi connectivity index (χ0n) is 17.1. The van der Waals surface area contributed by atoms with E-state index in [0.717, 1.165) is 25.7 Å². The van der Waals surface area contributed by atoms with E-state index in [1.54, 1.807) is 18.2 Å². The first-order valence-electron chi connectivity index (χ1n) is 9.95. The van der Waals surface area contributed by atoms with Gasteiger partial charge >= 0.3 is 5.97 Å². The van der Waals surface area contributed by atoms with Crippen LogP contribution >= 0.6 is 0 Å². The van der Waals surface area contributed by atoms with E-state index < -0.39 is 23.9 Å². The van der Waals surface area contributed by atoms with Gasteiger partial charge in [0.2, 0.25) is 5.91 Å². The fourth-order valence-corrected chi connectivity index (χ4v) is 3.94. The monoisotopic (exact) mass is 404 g/mol. The second kappa shape index (κ2) is 9.15. The van der Waals surface area contributed by atoms with Gasteiger partial charge in [0.15, 0.2) is 17.6 Å². The van der Waals surface area contributed by atoms with Crippen LogP contribution in [0, 0.1) is 5.92 Å². The molecule has 2 fully saturated rings. The summed E-state index contributed by atoms with van der Waals surface area (Å²) in [4.78, 5) is 39.0. The maximum absolute atomic E-state index is 12.5. The molecule has 1 aliphatic heterocycles. The SMILES string of the molecule is COc1ccc(NC(=O)[C@@H](C)OC(=O)[C@@H]2CC(=O)N(C3CCCC3)C2)cc1OC. The normalized spacial score (nSPS) is 20.4. The van der Waals surface area contributed by atoms with Crippen molar-refractivity contribution in [3.63, 3.8) is 0 Å². The topological polar surface area (TPSA) is 94.2 Å². The van der Waals surface area contributed by atoms with Gasteiger partial charge in [-0.3, -0.25) is 14.4 Å². The molecule has 0 unspecified atom stereocenters. The highest BCUT2D eigenvalue weighted by atomic mass is 16.5. The van der Waals surface area contributed by atoms with E-state index in [2.05, 4.69) is 5.32 Å². The molecule has 3 rings (SSSR count). The lowest BCUT2D eigenvalue weighted by Gasteiger charge is -2.24. The lowest BCUT2D eigenvalue weighted by atomic mass is 10.1. The molecular formula is C21H28N2O6. The fourth-order valence-electron chi connectivity index (χ4n) is 3.94. The Hall–Kier alpha value is -2.77. The molecule has 1 saturated heterocycles. The number of hydrogen-bond acceptors (Lipinski definition) is 6. The second-order valence-electron chi connectivity index (χ2n) is 7.52. The van der Waals surface area contributed by atoms with E-state index in [9.17, 15) is 14.4 Å². The molecule has 0 radical (unpaired) electrons. The molecule has 1 N–H and O–H groups in total. The summed E-state index contributed by atoms with van der Waals surface area (Å²) < 4.78 is 15.7. The minimum absolute atomic E-state index is 0.00119. The summed E-state index contributed by atoms with van der Waals surface area (Å²) in [5.74, 6) is -0.453. The number of likely N-dealkylation sites (tertiary alicyclic amines) is 1. The molecule has 8 heteroatoms. The van der Waals surface area contributed by atoms with Crippen molar-refractivity contribution in [2.24, 2.45) is 5.92 Å². The zero-order valence-corrected chi connectivity index (χ0v) is 17.1. The average molecular weight is 404 g/mol. The number of nitrogens with one attached hydrogen (secondary N) is 1. The summed E-state index contributed by atoms with van der Waals surface area (Å²) in [6.45, 7) is 1.89. The highest BCUT2D eigenvalue weighted by Gasteiger charge is 2.40. The van der Waals surface area contributed by atoms with Gasteiger partial charge in [0.25, 0.3) is 5.91 Å². The first-order chi connectivity index (χ1) is 13.9. The highest BCUT2D eigenvalue weighted by molar-refractivity contribution is 5.96. The van der Waals surface area contributed by atoms with Gasteiger partial charge in [-0.05, 0) is 31.9 Å². The van der Waals surface area contributed by atoms with Crippen LogP contribution in [0.15, 0.2) is 18.2 Å². The number of hydrogen-bond donors (Lipinski definition) is 1. The summed E-state index contributed by atoms with van der Waals surface area (Å²) in [5.41, 5.74) is 0.499. The Balaban J connectivity index is 1.54. The Morgan fingerprint density at radius 2 is 1.83 bits per heavy atom. The molecule has 0 aromatic heterocycles. The van der Waals surface area contributed by atoms with E-state index >= 15 is 0 Å². The van der Waals surface area contributed by atoms with Crippen molar-refractivity contribution in [1.29, 1.82) is 0 Å². The summed E-state index contributed by atoms with van der Waals surface area (Å²) in [6.07, 6.45) is 3.41. The summed E-state index contributed by atoms with van der Waals surface area (Å²) >= 11 is 0. The van der Waals surface area contributed by atoms with Gasteiger partial charge in [-0.15, -0.1) is 0 Å². The number of esters is 1. The van der Waals surface area contributed by atoms with Crippen molar-refractivity contribution < 1.29 is 28.6 Å². The molecule has 2 aliphatic rings. The molecule has 2 atom stereocenters. The minimum atomic E-state index is -0.980. The Morgan fingerprint density at radius 1 is 1.14 bits per heavy atom. The maximum Gasteiger partial charge on any atom is 0.312 e. The van der Waals surface area contributed by atoms with E-state index in [0.29, 0.717) is 23.7 Å². The zero-order chi connectivity index (χ0) is 21.0. The smallest absolute Gasteiger partial charge is 0.312 e. The van der Waals surface area contributed by atoms with Crippen LogP contribution in [-0.4, -0.2) is 55.6 Å². The van der Waals surface area contributed by atoms with Crippen LogP contribution in [0.3, 0.4) is 0 Å². The summed E-state index contributed by atoms with van der Waals surface area (Å²) in [7, 11) is 3.03. The first-order valence-corrected chi connectivity index (χ1v) is 9.95. The van der Waals surface area contributed by atoms with Crippen LogP contribution in [0.25, 0.3) is 0 Å². The van der Waals surface area contributed by atoms with Crippen LogP contribution in [0.4, 0.5) is 5.69 Å². The van der Waals surface area contributed by atoms with Crippen LogP contribution in [0.5, 0.6) is 11.5 Å². The Kier molecular flexibility index (Phi) is 6.61. The molecule has 0 bridgehead atoms. The van der Waals surface area contributed by atoms with Gasteiger partial charge in [0.05, 0.1) is 20.1 Å². The van der Waals surface area contributed by atoms with Crippen molar-refractivity contribution in [2.45, 2.75) is 51.2 Å². The lowest BCUT2D eigenvalue weighted by molar-refractivity contribution is -0.157. The molecule has 1 saturated carbocycles. The minimum Gasteiger partial charge on any atom is -0.493 e. The van der Waals surface area contributed by atoms with E-state index in [1.165, 1.54) is 21.1 Å². The molecule has 8 nitrogen and oxygen atoms in total. The van der Waals surface area contributed by atoms with Gasteiger partial charge in [0, 0.05) is 30.8 Å². The highest BCUT2D eigenvalue weighted by Crippen LogP contribution is 2.31. The Morgan fingerprint density at radius 3 is 2.48 bits per heavy atom. The molecule has 2 amide bonds. The van der Waals surface area contributed by atoms with Crippen molar-refractivity contribution >= 4 is 23.5 Å². The summed E-state index contributed by atoms with van der Waals surface area (Å²) in [6, 6.07) is 5.21. The third-order valence-corrected chi connectivity index (χ3v) is 5.57. The molecule has 158 valence electrons. The molecule has 29 heavy (non-hydrogen) atoms. The molecular weight excluding hydrogens is 376 g/mol. The van der Waals surface area contributed by atoms with Gasteiger partial charge in [-0.2, -0.15) is 0 Å². The van der Waals surface area contributed by atoms with Crippen molar-refractivity contribution in [1.82, 2.24) is 4.90 Å². The number of carbonyl (C=O) groups excluding carboxylic acids is 3. The number of carbonyl (C=O) groups is 3. The number of amides is 2. The quantitative estimate of drug-likeness (QED) is 0.701. The lowest BCUT2D eigenvalue weighted by Crippen LogP contribution is -2.36. The Bertz CT molecular complexity index is 774. The number of ether oxygens (including phenoxy) is 3. The number of rotatable bonds is 7. The average Bonchev–Trinajstić information content (AvgIpc) is 3.37. The van der Waals surface area contributed by atoms with Crippen LogP contribution in [0.2, 0.25) is 0 Å². The predicted molar refractivity (Wildman–Crippen MR) is 106 cm³/mol.